The summed E-state index contributed by atoms with van der Waals surface area (Å²) in [5.41, 5.74) is 1.98. The number of carbonyl (C=O) groups is 1. The van der Waals surface area contributed by atoms with E-state index >= 15 is 0 Å². The maximum atomic E-state index is 12.4. The first-order chi connectivity index (χ1) is 11.0. The molecule has 5 heteroatoms. The number of aryl methyl sites for hydroxylation is 2. The smallest absolute Gasteiger partial charge is 0.263 e. The summed E-state index contributed by atoms with van der Waals surface area (Å²) in [6.07, 6.45) is 2.44. The molecule has 1 aromatic heterocycles. The lowest BCUT2D eigenvalue weighted by Crippen LogP contribution is -2.33. The molecule has 0 aliphatic heterocycles. The van der Waals surface area contributed by atoms with E-state index in [0.717, 1.165) is 16.5 Å². The van der Waals surface area contributed by atoms with Crippen LogP contribution in [0.4, 0.5) is 0 Å². The molecule has 3 rings (SSSR count). The van der Waals surface area contributed by atoms with E-state index in [1.165, 1.54) is 29.7 Å². The Labute approximate surface area is 140 Å². The minimum atomic E-state index is -0.0130. The van der Waals surface area contributed by atoms with Gasteiger partial charge in [-0.3, -0.25) is 4.79 Å². The number of carbonyl (C=O) groups excluding carboxylic acids is 1. The third-order valence-electron chi connectivity index (χ3n) is 4.12. The second-order valence-electron chi connectivity index (χ2n) is 6.22. The third-order valence-corrected chi connectivity index (χ3v) is 5.25. The SMILES string of the molecule is Cc1ccc(OCc2nc(C)c(C(=O)N[C@H](C)C3CC3)s2)cc1. The molecule has 0 bridgehead atoms. The van der Waals surface area contributed by atoms with Crippen LogP contribution in [0.3, 0.4) is 0 Å². The standard InChI is InChI=1S/C18H22N2O2S/c1-11-4-8-15(9-5-11)22-10-16-19-13(3)17(23-16)18(21)20-12(2)14-6-7-14/h4-5,8-9,12,14H,6-7,10H2,1-3H3,(H,20,21)/t12-/m1/s1. The summed E-state index contributed by atoms with van der Waals surface area (Å²) in [4.78, 5) is 17.5. The van der Waals surface area contributed by atoms with E-state index in [9.17, 15) is 4.79 Å². The molecule has 1 saturated carbocycles. The molecule has 23 heavy (non-hydrogen) atoms. The van der Waals surface area contributed by atoms with E-state index < -0.39 is 0 Å². The Morgan fingerprint density at radius 1 is 1.35 bits per heavy atom. The maximum absolute atomic E-state index is 12.4. The summed E-state index contributed by atoms with van der Waals surface area (Å²) in [5, 5.41) is 3.91. The summed E-state index contributed by atoms with van der Waals surface area (Å²) in [6.45, 7) is 6.39. The third kappa shape index (κ3) is 4.10. The van der Waals surface area contributed by atoms with Crippen molar-refractivity contribution in [1.29, 1.82) is 0 Å². The van der Waals surface area contributed by atoms with Crippen LogP contribution >= 0.6 is 11.3 Å². The van der Waals surface area contributed by atoms with Gasteiger partial charge in [0.05, 0.1) is 5.69 Å². The first-order valence-electron chi connectivity index (χ1n) is 7.99. The first-order valence-corrected chi connectivity index (χ1v) is 8.81. The number of aromatic nitrogens is 1. The van der Waals surface area contributed by atoms with Gasteiger partial charge in [-0.25, -0.2) is 4.98 Å². The summed E-state index contributed by atoms with van der Waals surface area (Å²) in [5.74, 6) is 1.45. The van der Waals surface area contributed by atoms with Gasteiger partial charge in [0, 0.05) is 6.04 Å². The van der Waals surface area contributed by atoms with E-state index in [1.807, 2.05) is 38.1 Å². The van der Waals surface area contributed by atoms with E-state index in [0.29, 0.717) is 17.4 Å². The fourth-order valence-corrected chi connectivity index (χ4v) is 3.37. The largest absolute Gasteiger partial charge is 0.486 e. The molecule has 0 unspecified atom stereocenters. The van der Waals surface area contributed by atoms with Crippen LogP contribution in [-0.2, 0) is 6.61 Å². The Kier molecular flexibility index (Phi) is 4.66. The molecule has 0 saturated heterocycles. The van der Waals surface area contributed by atoms with Crippen molar-refractivity contribution in [1.82, 2.24) is 10.3 Å². The molecular weight excluding hydrogens is 308 g/mol. The monoisotopic (exact) mass is 330 g/mol. The second-order valence-corrected chi connectivity index (χ2v) is 7.31. The number of hydrogen-bond acceptors (Lipinski definition) is 4. The summed E-state index contributed by atoms with van der Waals surface area (Å²) < 4.78 is 5.74. The highest BCUT2D eigenvalue weighted by Gasteiger charge is 2.29. The van der Waals surface area contributed by atoms with Crippen molar-refractivity contribution in [2.24, 2.45) is 5.92 Å². The van der Waals surface area contributed by atoms with Gasteiger partial charge in [0.15, 0.2) is 0 Å². The van der Waals surface area contributed by atoms with Crippen LogP contribution < -0.4 is 10.1 Å². The van der Waals surface area contributed by atoms with Gasteiger partial charge in [0.25, 0.3) is 5.91 Å². The lowest BCUT2D eigenvalue weighted by Gasteiger charge is -2.11. The normalized spacial score (nSPS) is 15.3. The lowest BCUT2D eigenvalue weighted by atomic mass is 10.2. The Morgan fingerprint density at radius 3 is 2.70 bits per heavy atom. The molecule has 1 amide bonds. The Hall–Kier alpha value is -1.88. The van der Waals surface area contributed by atoms with Crippen molar-refractivity contribution < 1.29 is 9.53 Å². The zero-order valence-corrected chi connectivity index (χ0v) is 14.6. The lowest BCUT2D eigenvalue weighted by molar-refractivity contribution is 0.0939. The second kappa shape index (κ2) is 6.71. The van der Waals surface area contributed by atoms with E-state index in [4.69, 9.17) is 4.74 Å². The molecule has 122 valence electrons. The summed E-state index contributed by atoms with van der Waals surface area (Å²) in [7, 11) is 0. The molecule has 2 aromatic rings. The molecule has 1 aliphatic rings. The van der Waals surface area contributed by atoms with Crippen LogP contribution in [0, 0.1) is 19.8 Å². The van der Waals surface area contributed by atoms with Crippen molar-refractivity contribution in [3.63, 3.8) is 0 Å². The van der Waals surface area contributed by atoms with Crippen LogP contribution in [0.5, 0.6) is 5.75 Å². The summed E-state index contributed by atoms with van der Waals surface area (Å²) >= 11 is 1.42. The predicted molar refractivity (Wildman–Crippen MR) is 92.0 cm³/mol. The van der Waals surface area contributed by atoms with Crippen LogP contribution in [0.2, 0.25) is 0 Å². The Morgan fingerprint density at radius 2 is 2.04 bits per heavy atom. The van der Waals surface area contributed by atoms with Gasteiger partial charge in [-0.05, 0) is 51.7 Å². The molecule has 1 aromatic carbocycles. The average Bonchev–Trinajstić information content (AvgIpc) is 3.30. The number of hydrogen-bond donors (Lipinski definition) is 1. The number of rotatable bonds is 6. The fraction of sp³-hybridized carbons (Fsp3) is 0.444. The van der Waals surface area contributed by atoms with E-state index in [2.05, 4.69) is 17.2 Å². The minimum absolute atomic E-state index is 0.0130. The first kappa shape index (κ1) is 16.0. The molecule has 0 spiro atoms. The number of amides is 1. The highest BCUT2D eigenvalue weighted by Crippen LogP contribution is 2.32. The average molecular weight is 330 g/mol. The molecule has 1 atom stereocenters. The van der Waals surface area contributed by atoms with Crippen molar-refractivity contribution in [3.8, 4) is 5.75 Å². The van der Waals surface area contributed by atoms with Crippen molar-refractivity contribution in [3.05, 3.63) is 45.4 Å². The van der Waals surface area contributed by atoms with E-state index in [-0.39, 0.29) is 11.9 Å². The van der Waals surface area contributed by atoms with Gasteiger partial charge in [-0.15, -0.1) is 11.3 Å². The van der Waals surface area contributed by atoms with Crippen LogP contribution in [0.1, 0.15) is 45.7 Å². The van der Waals surface area contributed by atoms with Gasteiger partial charge >= 0.3 is 0 Å². The molecule has 1 N–H and O–H groups in total. The van der Waals surface area contributed by atoms with Crippen molar-refractivity contribution in [2.75, 3.05) is 0 Å². The zero-order valence-electron chi connectivity index (χ0n) is 13.8. The topological polar surface area (TPSA) is 51.2 Å². The Bertz CT molecular complexity index is 690. The van der Waals surface area contributed by atoms with Crippen LogP contribution in [0.25, 0.3) is 0 Å². The quantitative estimate of drug-likeness (QED) is 0.875. The number of nitrogens with one attached hydrogen (secondary N) is 1. The van der Waals surface area contributed by atoms with Gasteiger partial charge in [-0.2, -0.15) is 0 Å². The maximum Gasteiger partial charge on any atom is 0.263 e. The van der Waals surface area contributed by atoms with Gasteiger partial charge < -0.3 is 10.1 Å². The number of ether oxygens (including phenoxy) is 1. The number of benzene rings is 1. The zero-order chi connectivity index (χ0) is 16.4. The van der Waals surface area contributed by atoms with Gasteiger partial charge in [0.2, 0.25) is 0 Å². The molecule has 0 radical (unpaired) electrons. The highest BCUT2D eigenvalue weighted by atomic mass is 32.1. The van der Waals surface area contributed by atoms with E-state index in [1.54, 1.807) is 0 Å². The number of nitrogens with zero attached hydrogens (tertiary/aromatic N) is 1. The van der Waals surface area contributed by atoms with Gasteiger partial charge in [-0.1, -0.05) is 17.7 Å². The van der Waals surface area contributed by atoms with Crippen LogP contribution in [-0.4, -0.2) is 16.9 Å². The molecular formula is C18H22N2O2S. The predicted octanol–water partition coefficient (Wildman–Crippen LogP) is 3.87. The van der Waals surface area contributed by atoms with Crippen molar-refractivity contribution in [2.45, 2.75) is 46.3 Å². The van der Waals surface area contributed by atoms with Crippen LogP contribution in [0.15, 0.2) is 24.3 Å². The molecule has 1 fully saturated rings. The fourth-order valence-electron chi connectivity index (χ4n) is 2.49. The molecule has 1 aliphatic carbocycles. The van der Waals surface area contributed by atoms with Gasteiger partial charge in [0.1, 0.15) is 22.2 Å². The van der Waals surface area contributed by atoms with Crippen molar-refractivity contribution >= 4 is 17.2 Å². The number of thiazole rings is 1. The molecule has 1 heterocycles. The molecule has 4 nitrogen and oxygen atoms in total. The highest BCUT2D eigenvalue weighted by molar-refractivity contribution is 7.13. The Balaban J connectivity index is 1.60. The minimum Gasteiger partial charge on any atom is -0.486 e. The summed E-state index contributed by atoms with van der Waals surface area (Å²) in [6, 6.07) is 8.17.